The lowest BCUT2D eigenvalue weighted by atomic mass is 9.64. The maximum atomic E-state index is 6.47. The lowest BCUT2D eigenvalue weighted by Crippen LogP contribution is -2.54. The zero-order valence-corrected chi connectivity index (χ0v) is 12.3. The smallest absolute Gasteiger partial charge is 0.0659 e. The summed E-state index contributed by atoms with van der Waals surface area (Å²) in [6.07, 6.45) is 15.5. The average molecular weight is 271 g/mol. The molecule has 3 aliphatic carbocycles. The molecule has 3 aliphatic rings. The molecule has 0 aromatic rings. The summed E-state index contributed by atoms with van der Waals surface area (Å²) in [4.78, 5) is 0. The Morgan fingerprint density at radius 2 is 1.61 bits per heavy atom. The van der Waals surface area contributed by atoms with Gasteiger partial charge in [-0.1, -0.05) is 38.5 Å². The second kappa shape index (κ2) is 5.71. The molecule has 1 spiro atoms. The lowest BCUT2D eigenvalue weighted by molar-refractivity contribution is -0.114. The summed E-state index contributed by atoms with van der Waals surface area (Å²) < 4.78 is 6.30. The normalized spacial score (nSPS) is 36.5. The van der Waals surface area contributed by atoms with Crippen LogP contribution in [-0.4, -0.2) is 18.1 Å². The van der Waals surface area contributed by atoms with Crippen molar-refractivity contribution < 1.29 is 4.74 Å². The van der Waals surface area contributed by atoms with E-state index in [1.165, 1.54) is 64.2 Å². The predicted molar refractivity (Wildman–Crippen MR) is 76.1 cm³/mol. The van der Waals surface area contributed by atoms with Gasteiger partial charge in [-0.15, -0.1) is 11.6 Å². The van der Waals surface area contributed by atoms with E-state index in [-0.39, 0.29) is 0 Å². The molecule has 1 nitrogen and oxygen atoms in total. The van der Waals surface area contributed by atoms with Crippen LogP contribution < -0.4 is 0 Å². The van der Waals surface area contributed by atoms with Gasteiger partial charge in [0.1, 0.15) is 0 Å². The van der Waals surface area contributed by atoms with E-state index in [9.17, 15) is 0 Å². The van der Waals surface area contributed by atoms with E-state index in [0.29, 0.717) is 16.9 Å². The number of ether oxygens (including phenoxy) is 1. The van der Waals surface area contributed by atoms with Gasteiger partial charge in [-0.05, 0) is 38.0 Å². The first-order chi connectivity index (χ1) is 8.81. The minimum atomic E-state index is 0.381. The molecule has 0 amide bonds. The molecule has 0 radical (unpaired) electrons. The Morgan fingerprint density at radius 3 is 2.22 bits per heavy atom. The Labute approximate surface area is 117 Å². The Bertz CT molecular complexity index is 264. The molecule has 3 saturated carbocycles. The molecule has 0 aromatic carbocycles. The zero-order chi connectivity index (χ0) is 12.4. The van der Waals surface area contributed by atoms with Gasteiger partial charge in [0.25, 0.3) is 0 Å². The third-order valence-electron chi connectivity index (χ3n) is 5.73. The van der Waals surface area contributed by atoms with Crippen molar-refractivity contribution >= 4 is 11.6 Å². The first-order valence-corrected chi connectivity index (χ1v) is 8.50. The fourth-order valence-corrected chi connectivity index (χ4v) is 4.90. The molecule has 18 heavy (non-hydrogen) atoms. The Hall–Kier alpha value is 0.250. The van der Waals surface area contributed by atoms with Crippen LogP contribution in [-0.2, 0) is 4.74 Å². The van der Waals surface area contributed by atoms with Gasteiger partial charge in [-0.25, -0.2) is 0 Å². The summed E-state index contributed by atoms with van der Waals surface area (Å²) in [6.45, 7) is 1.01. The average Bonchev–Trinajstić information content (AvgIpc) is 2.77. The highest BCUT2D eigenvalue weighted by Gasteiger charge is 2.56. The van der Waals surface area contributed by atoms with Gasteiger partial charge < -0.3 is 4.74 Å². The van der Waals surface area contributed by atoms with Crippen molar-refractivity contribution in [3.05, 3.63) is 0 Å². The molecule has 2 heteroatoms. The van der Waals surface area contributed by atoms with Crippen LogP contribution in [0.2, 0.25) is 0 Å². The molecule has 0 heterocycles. The number of alkyl halides is 1. The van der Waals surface area contributed by atoms with Gasteiger partial charge in [-0.3, -0.25) is 0 Å². The second-order valence-corrected chi connectivity index (χ2v) is 7.35. The third kappa shape index (κ3) is 2.45. The van der Waals surface area contributed by atoms with Crippen LogP contribution in [0.3, 0.4) is 0 Å². The second-order valence-electron chi connectivity index (χ2n) is 6.82. The van der Waals surface area contributed by atoms with E-state index in [1.54, 1.807) is 0 Å². The highest BCUT2D eigenvalue weighted by molar-refractivity contribution is 6.21. The maximum absolute atomic E-state index is 6.47. The lowest BCUT2D eigenvalue weighted by Gasteiger charge is -2.51. The summed E-state index contributed by atoms with van der Waals surface area (Å²) in [5.41, 5.74) is 0.381. The van der Waals surface area contributed by atoms with Gasteiger partial charge in [0, 0.05) is 17.4 Å². The van der Waals surface area contributed by atoms with Gasteiger partial charge >= 0.3 is 0 Å². The predicted octanol–water partition coefficient (Wildman–Crippen LogP) is 4.91. The van der Waals surface area contributed by atoms with E-state index < -0.39 is 0 Å². The van der Waals surface area contributed by atoms with Gasteiger partial charge in [0.2, 0.25) is 0 Å². The van der Waals surface area contributed by atoms with E-state index >= 15 is 0 Å². The molecule has 2 unspecified atom stereocenters. The van der Waals surface area contributed by atoms with Gasteiger partial charge in [0.05, 0.1) is 6.10 Å². The van der Waals surface area contributed by atoms with E-state index in [2.05, 4.69) is 0 Å². The summed E-state index contributed by atoms with van der Waals surface area (Å²) in [5, 5.41) is 0.402. The molecule has 0 N–H and O–H groups in total. The van der Waals surface area contributed by atoms with Crippen molar-refractivity contribution in [3.8, 4) is 0 Å². The van der Waals surface area contributed by atoms with Crippen LogP contribution in [0.5, 0.6) is 0 Å². The number of hydrogen-bond donors (Lipinski definition) is 0. The highest BCUT2D eigenvalue weighted by Crippen LogP contribution is 2.57. The monoisotopic (exact) mass is 270 g/mol. The molecular weight excluding hydrogens is 244 g/mol. The molecule has 0 saturated heterocycles. The molecule has 3 fully saturated rings. The van der Waals surface area contributed by atoms with Crippen molar-refractivity contribution in [2.75, 3.05) is 6.61 Å². The number of halogens is 1. The largest absolute Gasteiger partial charge is 0.377 e. The van der Waals surface area contributed by atoms with Crippen LogP contribution in [0.15, 0.2) is 0 Å². The SMILES string of the molecule is ClC1CC(OCC2CCCCCC2)C12CCCC2. The van der Waals surface area contributed by atoms with Gasteiger partial charge in [-0.2, -0.15) is 0 Å². The molecule has 0 aliphatic heterocycles. The first-order valence-electron chi connectivity index (χ1n) is 8.07. The Kier molecular flexibility index (Phi) is 4.20. The van der Waals surface area contributed by atoms with Crippen LogP contribution in [0, 0.1) is 11.3 Å². The Balaban J connectivity index is 1.48. The molecular formula is C16H27ClO. The summed E-state index contributed by atoms with van der Waals surface area (Å²) in [6, 6.07) is 0. The van der Waals surface area contributed by atoms with Crippen molar-refractivity contribution in [2.45, 2.75) is 82.1 Å². The minimum Gasteiger partial charge on any atom is -0.377 e. The van der Waals surface area contributed by atoms with Crippen LogP contribution in [0.4, 0.5) is 0 Å². The fraction of sp³-hybridized carbons (Fsp3) is 1.00. The van der Waals surface area contributed by atoms with Crippen LogP contribution >= 0.6 is 11.6 Å². The van der Waals surface area contributed by atoms with E-state index in [1.807, 2.05) is 0 Å². The van der Waals surface area contributed by atoms with E-state index in [4.69, 9.17) is 16.3 Å². The molecule has 3 rings (SSSR count). The van der Waals surface area contributed by atoms with Crippen molar-refractivity contribution in [2.24, 2.45) is 11.3 Å². The van der Waals surface area contributed by atoms with Gasteiger partial charge in [0.15, 0.2) is 0 Å². The quantitative estimate of drug-likeness (QED) is 0.523. The van der Waals surface area contributed by atoms with Crippen LogP contribution in [0.1, 0.15) is 70.6 Å². The number of rotatable bonds is 3. The molecule has 0 aromatic heterocycles. The summed E-state index contributed by atoms with van der Waals surface area (Å²) >= 11 is 6.47. The summed E-state index contributed by atoms with van der Waals surface area (Å²) in [5.74, 6) is 0.834. The zero-order valence-electron chi connectivity index (χ0n) is 11.5. The molecule has 2 atom stereocenters. The maximum Gasteiger partial charge on any atom is 0.0659 e. The first kappa shape index (κ1) is 13.2. The Morgan fingerprint density at radius 1 is 0.944 bits per heavy atom. The third-order valence-corrected chi connectivity index (χ3v) is 6.34. The summed E-state index contributed by atoms with van der Waals surface area (Å²) in [7, 11) is 0. The molecule has 104 valence electrons. The number of hydrogen-bond acceptors (Lipinski definition) is 1. The standard InChI is InChI=1S/C16H27ClO/c17-14-11-15(16(14)9-5-6-10-16)18-12-13-7-3-1-2-4-8-13/h13-15H,1-12H2. The van der Waals surface area contributed by atoms with E-state index in [0.717, 1.165) is 18.9 Å². The van der Waals surface area contributed by atoms with Crippen molar-refractivity contribution in [3.63, 3.8) is 0 Å². The van der Waals surface area contributed by atoms with Crippen molar-refractivity contribution in [1.82, 2.24) is 0 Å². The molecule has 0 bridgehead atoms. The topological polar surface area (TPSA) is 9.23 Å². The fourth-order valence-electron chi connectivity index (χ4n) is 4.38. The van der Waals surface area contributed by atoms with Crippen LogP contribution in [0.25, 0.3) is 0 Å². The van der Waals surface area contributed by atoms with Crippen molar-refractivity contribution in [1.29, 1.82) is 0 Å². The minimum absolute atomic E-state index is 0.381. The highest BCUT2D eigenvalue weighted by atomic mass is 35.5.